The van der Waals surface area contributed by atoms with Crippen LogP contribution in [0.15, 0.2) is 52.9 Å². The van der Waals surface area contributed by atoms with Gasteiger partial charge in [-0.1, -0.05) is 66.3 Å². The Kier molecular flexibility index (Phi) is 6.41. The van der Waals surface area contributed by atoms with Crippen molar-refractivity contribution in [1.29, 1.82) is 0 Å². The maximum absolute atomic E-state index is 12.7. The molecule has 0 saturated carbocycles. The Labute approximate surface area is 174 Å². The molecule has 0 unspecified atom stereocenters. The van der Waals surface area contributed by atoms with Gasteiger partial charge in [0.15, 0.2) is 0 Å². The molecule has 0 aliphatic rings. The number of benzene rings is 2. The summed E-state index contributed by atoms with van der Waals surface area (Å²) in [6.45, 7) is 5.70. The third-order valence-corrected chi connectivity index (χ3v) is 7.11. The first kappa shape index (κ1) is 21.1. The minimum atomic E-state index is -3.87. The monoisotopic (exact) mass is 430 g/mol. The fourth-order valence-electron chi connectivity index (χ4n) is 2.78. The van der Waals surface area contributed by atoms with Gasteiger partial charge in [-0.05, 0) is 37.5 Å². The molecular formula is C20H22N4O3S2. The summed E-state index contributed by atoms with van der Waals surface area (Å²) >= 11 is 0.814. The van der Waals surface area contributed by atoms with Crippen LogP contribution < -0.4 is 10.0 Å². The number of anilines is 1. The number of nitrogens with zero attached hydrogens (tertiary/aromatic N) is 2. The quantitative estimate of drug-likeness (QED) is 0.555. The smallest absolute Gasteiger partial charge is 0.270 e. The first-order valence-electron chi connectivity index (χ1n) is 9.09. The third kappa shape index (κ3) is 5.06. The molecule has 0 bridgehead atoms. The van der Waals surface area contributed by atoms with Gasteiger partial charge in [0.1, 0.15) is 0 Å². The molecule has 0 saturated heterocycles. The van der Waals surface area contributed by atoms with E-state index in [1.165, 1.54) is 0 Å². The van der Waals surface area contributed by atoms with Gasteiger partial charge in [-0.2, -0.15) is 0 Å². The van der Waals surface area contributed by atoms with Crippen LogP contribution in [0, 0.1) is 13.8 Å². The van der Waals surface area contributed by atoms with Gasteiger partial charge in [0.25, 0.3) is 15.9 Å². The van der Waals surface area contributed by atoms with Crippen molar-refractivity contribution in [2.24, 2.45) is 0 Å². The topological polar surface area (TPSA) is 101 Å². The number of sulfonamides is 1. The summed E-state index contributed by atoms with van der Waals surface area (Å²) < 4.78 is 28.0. The van der Waals surface area contributed by atoms with Crippen molar-refractivity contribution in [1.82, 2.24) is 14.9 Å². The van der Waals surface area contributed by atoms with E-state index < -0.39 is 10.0 Å². The Morgan fingerprint density at radius 2 is 1.76 bits per heavy atom. The van der Waals surface area contributed by atoms with E-state index in [-0.39, 0.29) is 21.4 Å². The Morgan fingerprint density at radius 3 is 2.41 bits per heavy atom. The molecule has 3 rings (SSSR count). The van der Waals surface area contributed by atoms with E-state index in [1.54, 1.807) is 12.1 Å². The highest BCUT2D eigenvalue weighted by Crippen LogP contribution is 2.24. The molecule has 9 heteroatoms. The van der Waals surface area contributed by atoms with E-state index >= 15 is 0 Å². The highest BCUT2D eigenvalue weighted by Gasteiger charge is 2.25. The summed E-state index contributed by atoms with van der Waals surface area (Å²) in [5.41, 5.74) is 3.28. The van der Waals surface area contributed by atoms with Crippen LogP contribution >= 0.6 is 11.3 Å². The number of aryl methyl sites for hydroxylation is 2. The van der Waals surface area contributed by atoms with Crippen LogP contribution in [0.4, 0.5) is 5.13 Å². The number of aromatic nitrogens is 2. The highest BCUT2D eigenvalue weighted by molar-refractivity contribution is 7.91. The van der Waals surface area contributed by atoms with Crippen LogP contribution in [0.1, 0.15) is 46.4 Å². The van der Waals surface area contributed by atoms with E-state index in [0.717, 1.165) is 28.0 Å². The number of nitrogens with one attached hydrogen (secondary N) is 2. The van der Waals surface area contributed by atoms with Gasteiger partial charge in [-0.25, -0.2) is 13.1 Å². The summed E-state index contributed by atoms with van der Waals surface area (Å²) in [5, 5.41) is 10.3. The van der Waals surface area contributed by atoms with Gasteiger partial charge < -0.3 is 0 Å². The number of amides is 1. The molecule has 1 atom stereocenters. The van der Waals surface area contributed by atoms with Gasteiger partial charge in [-0.3, -0.25) is 10.1 Å². The number of carbonyl (C=O) groups excluding carboxylic acids is 1. The van der Waals surface area contributed by atoms with Gasteiger partial charge >= 0.3 is 0 Å². The van der Waals surface area contributed by atoms with Crippen molar-refractivity contribution in [3.05, 3.63) is 70.8 Å². The minimum absolute atomic E-state index is 0.127. The Bertz CT molecular complexity index is 1110. The largest absolute Gasteiger partial charge is 0.296 e. The highest BCUT2D eigenvalue weighted by atomic mass is 32.2. The average Bonchev–Trinajstić information content (AvgIpc) is 3.16. The molecular weight excluding hydrogens is 408 g/mol. The minimum Gasteiger partial charge on any atom is -0.296 e. The second kappa shape index (κ2) is 8.81. The fraction of sp³-hybridized carbons (Fsp3) is 0.250. The molecule has 152 valence electrons. The normalized spacial score (nSPS) is 12.5. The van der Waals surface area contributed by atoms with E-state index in [2.05, 4.69) is 20.2 Å². The van der Waals surface area contributed by atoms with Gasteiger partial charge in [0, 0.05) is 11.6 Å². The maximum Gasteiger partial charge on any atom is 0.270 e. The summed E-state index contributed by atoms with van der Waals surface area (Å²) in [7, 11) is -3.87. The number of hydrogen-bond acceptors (Lipinski definition) is 6. The van der Waals surface area contributed by atoms with Crippen LogP contribution in [-0.4, -0.2) is 24.5 Å². The van der Waals surface area contributed by atoms with E-state index in [1.807, 2.05) is 57.2 Å². The van der Waals surface area contributed by atoms with Crippen LogP contribution in [-0.2, 0) is 10.0 Å². The molecule has 0 radical (unpaired) electrons. The number of hydrogen-bond donors (Lipinski definition) is 2. The van der Waals surface area contributed by atoms with Crippen LogP contribution in [0.25, 0.3) is 0 Å². The Balaban J connectivity index is 1.75. The first-order chi connectivity index (χ1) is 13.8. The van der Waals surface area contributed by atoms with Gasteiger partial charge in [-0.15, -0.1) is 10.2 Å². The molecule has 2 aromatic carbocycles. The van der Waals surface area contributed by atoms with E-state index in [0.29, 0.717) is 12.0 Å². The molecule has 1 amide bonds. The third-order valence-electron chi connectivity index (χ3n) is 4.43. The molecule has 0 aliphatic carbocycles. The first-order valence-corrected chi connectivity index (χ1v) is 11.4. The van der Waals surface area contributed by atoms with Crippen molar-refractivity contribution < 1.29 is 13.2 Å². The lowest BCUT2D eigenvalue weighted by molar-refractivity contribution is 0.102. The lowest BCUT2D eigenvalue weighted by Gasteiger charge is -2.16. The Morgan fingerprint density at radius 1 is 1.07 bits per heavy atom. The van der Waals surface area contributed by atoms with Gasteiger partial charge in [0.2, 0.25) is 9.47 Å². The number of rotatable bonds is 7. The molecule has 2 N–H and O–H groups in total. The van der Waals surface area contributed by atoms with E-state index in [9.17, 15) is 13.2 Å². The molecule has 29 heavy (non-hydrogen) atoms. The van der Waals surface area contributed by atoms with Crippen LogP contribution in [0.3, 0.4) is 0 Å². The molecule has 7 nitrogen and oxygen atoms in total. The van der Waals surface area contributed by atoms with Crippen LogP contribution in [0.2, 0.25) is 0 Å². The zero-order valence-corrected chi connectivity index (χ0v) is 18.0. The molecule has 0 spiro atoms. The SMILES string of the molecule is CC[C@H](NS(=O)(=O)c1nnc(NC(=O)c2ccccc2C)s1)c1ccc(C)cc1. The average molecular weight is 431 g/mol. The summed E-state index contributed by atoms with van der Waals surface area (Å²) in [5.74, 6) is -0.359. The van der Waals surface area contributed by atoms with Crippen molar-refractivity contribution in [3.63, 3.8) is 0 Å². The zero-order chi connectivity index (χ0) is 21.0. The van der Waals surface area contributed by atoms with Crippen LogP contribution in [0.5, 0.6) is 0 Å². The van der Waals surface area contributed by atoms with Crippen molar-refractivity contribution >= 4 is 32.4 Å². The maximum atomic E-state index is 12.7. The second-order valence-corrected chi connectivity index (χ2v) is 9.50. The lowest BCUT2D eigenvalue weighted by Crippen LogP contribution is -2.28. The molecule has 0 fully saturated rings. The predicted molar refractivity (Wildman–Crippen MR) is 114 cm³/mol. The standard InChI is InChI=1S/C20H22N4O3S2/c1-4-17(15-11-9-13(2)10-12-15)24-29(26,27)20-23-22-19(28-20)21-18(25)16-8-6-5-7-14(16)3/h5-12,17,24H,4H2,1-3H3,(H,21,22,25)/t17-/m0/s1. The van der Waals surface area contributed by atoms with Gasteiger partial charge in [0.05, 0.1) is 0 Å². The number of carbonyl (C=O) groups is 1. The molecule has 1 heterocycles. The van der Waals surface area contributed by atoms with Crippen molar-refractivity contribution in [2.75, 3.05) is 5.32 Å². The molecule has 1 aromatic heterocycles. The lowest BCUT2D eigenvalue weighted by atomic mass is 10.0. The van der Waals surface area contributed by atoms with Crippen molar-refractivity contribution in [2.45, 2.75) is 37.6 Å². The molecule has 3 aromatic rings. The van der Waals surface area contributed by atoms with Crippen molar-refractivity contribution in [3.8, 4) is 0 Å². The molecule has 0 aliphatic heterocycles. The summed E-state index contributed by atoms with van der Waals surface area (Å²) in [4.78, 5) is 12.4. The predicted octanol–water partition coefficient (Wildman–Crippen LogP) is 3.84. The summed E-state index contributed by atoms with van der Waals surface area (Å²) in [6, 6.07) is 14.4. The van der Waals surface area contributed by atoms with E-state index in [4.69, 9.17) is 0 Å². The Hall–Kier alpha value is -2.62. The zero-order valence-electron chi connectivity index (χ0n) is 16.3. The fourth-order valence-corrected chi connectivity index (χ4v) is 5.00. The summed E-state index contributed by atoms with van der Waals surface area (Å²) in [6.07, 6.45) is 0.581. The second-order valence-electron chi connectivity index (χ2n) is 6.63.